The van der Waals surface area contributed by atoms with E-state index in [1.54, 1.807) is 6.07 Å². The lowest BCUT2D eigenvalue weighted by Gasteiger charge is -1.96. The second-order valence-corrected chi connectivity index (χ2v) is 4.09. The predicted molar refractivity (Wildman–Crippen MR) is 51.4 cm³/mol. The number of hydrogen-bond donors (Lipinski definition) is 1. The maximum Gasteiger partial charge on any atom is 0.351 e. The lowest BCUT2D eigenvalue weighted by molar-refractivity contribution is 0.0603. The molecular weight excluding hydrogens is 188 g/mol. The molecule has 0 amide bonds. The molecule has 0 saturated carbocycles. The van der Waals surface area contributed by atoms with Gasteiger partial charge in [0.1, 0.15) is 5.75 Å². The van der Waals surface area contributed by atoms with Gasteiger partial charge in [0.15, 0.2) is 4.88 Å². The molecule has 1 aromatic rings. The number of aromatic hydroxyl groups is 1. The Morgan fingerprint density at radius 3 is 2.62 bits per heavy atom. The summed E-state index contributed by atoms with van der Waals surface area (Å²) in [4.78, 5) is 12.4. The van der Waals surface area contributed by atoms with Crippen LogP contribution in [-0.2, 0) is 4.74 Å². The van der Waals surface area contributed by atoms with Crippen LogP contribution < -0.4 is 0 Å². The van der Waals surface area contributed by atoms with E-state index < -0.39 is 5.97 Å². The first-order valence-electron chi connectivity index (χ1n) is 3.97. The molecule has 0 aliphatic rings. The zero-order valence-electron chi connectivity index (χ0n) is 7.83. The molecule has 0 unspecified atom stereocenters. The highest BCUT2D eigenvalue weighted by atomic mass is 32.1. The van der Waals surface area contributed by atoms with Crippen LogP contribution in [0.5, 0.6) is 5.75 Å². The van der Waals surface area contributed by atoms with E-state index in [0.717, 1.165) is 4.88 Å². The van der Waals surface area contributed by atoms with Crippen LogP contribution in [0.2, 0.25) is 0 Å². The van der Waals surface area contributed by atoms with Gasteiger partial charge in [0, 0.05) is 4.88 Å². The number of methoxy groups -OCH3 is 1. The lowest BCUT2D eigenvalue weighted by Crippen LogP contribution is -1.97. The fraction of sp³-hybridized carbons (Fsp3) is 0.444. The first-order valence-corrected chi connectivity index (χ1v) is 4.79. The van der Waals surface area contributed by atoms with E-state index in [-0.39, 0.29) is 10.6 Å². The van der Waals surface area contributed by atoms with Crippen LogP contribution >= 0.6 is 11.3 Å². The molecule has 1 N–H and O–H groups in total. The number of carbonyl (C=O) groups excluding carboxylic acids is 1. The third-order valence-corrected chi connectivity index (χ3v) is 3.08. The van der Waals surface area contributed by atoms with Gasteiger partial charge in [-0.3, -0.25) is 0 Å². The maximum atomic E-state index is 11.1. The average molecular weight is 200 g/mol. The standard InChI is InChI=1S/C9H12O3S/c1-5(2)7-4-6(10)8(13-7)9(11)12-3/h4-5,10H,1-3H3. The number of hydrogen-bond acceptors (Lipinski definition) is 4. The molecule has 0 radical (unpaired) electrons. The Morgan fingerprint density at radius 2 is 2.23 bits per heavy atom. The van der Waals surface area contributed by atoms with Crippen LogP contribution in [0, 0.1) is 0 Å². The Balaban J connectivity index is 3.03. The van der Waals surface area contributed by atoms with E-state index in [2.05, 4.69) is 4.74 Å². The molecule has 0 spiro atoms. The zero-order chi connectivity index (χ0) is 10.0. The van der Waals surface area contributed by atoms with Crippen molar-refractivity contribution in [3.63, 3.8) is 0 Å². The van der Waals surface area contributed by atoms with Crippen molar-refractivity contribution in [3.05, 3.63) is 15.8 Å². The van der Waals surface area contributed by atoms with E-state index in [1.165, 1.54) is 18.4 Å². The molecule has 72 valence electrons. The van der Waals surface area contributed by atoms with Crippen LogP contribution in [0.15, 0.2) is 6.07 Å². The molecule has 1 aromatic heterocycles. The smallest absolute Gasteiger partial charge is 0.351 e. The Labute approximate surface area is 81.0 Å². The van der Waals surface area contributed by atoms with Crippen molar-refractivity contribution >= 4 is 17.3 Å². The van der Waals surface area contributed by atoms with Crippen LogP contribution in [0.1, 0.15) is 34.3 Å². The topological polar surface area (TPSA) is 46.5 Å². The van der Waals surface area contributed by atoms with Crippen molar-refractivity contribution in [3.8, 4) is 5.75 Å². The van der Waals surface area contributed by atoms with Crippen molar-refractivity contribution in [1.29, 1.82) is 0 Å². The molecule has 4 heteroatoms. The zero-order valence-corrected chi connectivity index (χ0v) is 8.64. The third-order valence-electron chi connectivity index (χ3n) is 1.67. The summed E-state index contributed by atoms with van der Waals surface area (Å²) in [6.45, 7) is 4.01. The summed E-state index contributed by atoms with van der Waals surface area (Å²) < 4.78 is 4.52. The van der Waals surface area contributed by atoms with Crippen molar-refractivity contribution in [2.24, 2.45) is 0 Å². The largest absolute Gasteiger partial charge is 0.506 e. The van der Waals surface area contributed by atoms with Crippen molar-refractivity contribution in [2.45, 2.75) is 19.8 Å². The lowest BCUT2D eigenvalue weighted by atomic mass is 10.2. The fourth-order valence-electron chi connectivity index (χ4n) is 0.923. The molecule has 0 aromatic carbocycles. The quantitative estimate of drug-likeness (QED) is 0.745. The van der Waals surface area contributed by atoms with Crippen LogP contribution in [-0.4, -0.2) is 18.2 Å². The SMILES string of the molecule is COC(=O)c1sc(C(C)C)cc1O. The van der Waals surface area contributed by atoms with Crippen molar-refractivity contribution in [2.75, 3.05) is 7.11 Å². The predicted octanol–water partition coefficient (Wildman–Crippen LogP) is 2.36. The Kier molecular flexibility index (Phi) is 2.93. The minimum atomic E-state index is -0.477. The van der Waals surface area contributed by atoms with Gasteiger partial charge in [0.2, 0.25) is 0 Å². The Hall–Kier alpha value is -1.03. The fourth-order valence-corrected chi connectivity index (χ4v) is 1.90. The highest BCUT2D eigenvalue weighted by molar-refractivity contribution is 7.14. The van der Waals surface area contributed by atoms with Crippen LogP contribution in [0.25, 0.3) is 0 Å². The van der Waals surface area contributed by atoms with Gasteiger partial charge < -0.3 is 9.84 Å². The summed E-state index contributed by atoms with van der Waals surface area (Å²) in [5, 5.41) is 9.39. The first kappa shape index (κ1) is 10.1. The first-order chi connectivity index (χ1) is 6.06. The summed E-state index contributed by atoms with van der Waals surface area (Å²) in [7, 11) is 1.30. The van der Waals surface area contributed by atoms with Crippen LogP contribution in [0.4, 0.5) is 0 Å². The minimum absolute atomic E-state index is 0.0144. The van der Waals surface area contributed by atoms with E-state index >= 15 is 0 Å². The van der Waals surface area contributed by atoms with Crippen molar-refractivity contribution < 1.29 is 14.6 Å². The number of ether oxygens (including phenoxy) is 1. The van der Waals surface area contributed by atoms with Gasteiger partial charge in [-0.1, -0.05) is 13.8 Å². The van der Waals surface area contributed by atoms with Gasteiger partial charge in [0.25, 0.3) is 0 Å². The van der Waals surface area contributed by atoms with Gasteiger partial charge in [-0.05, 0) is 12.0 Å². The van der Waals surface area contributed by atoms with Gasteiger partial charge >= 0.3 is 5.97 Å². The van der Waals surface area contributed by atoms with Gasteiger partial charge in [-0.2, -0.15) is 0 Å². The summed E-state index contributed by atoms with van der Waals surface area (Å²) in [5.41, 5.74) is 0. The monoisotopic (exact) mass is 200 g/mol. The maximum absolute atomic E-state index is 11.1. The molecule has 0 fully saturated rings. The molecule has 0 aliphatic heterocycles. The molecule has 0 bridgehead atoms. The van der Waals surface area contributed by atoms with E-state index in [0.29, 0.717) is 5.92 Å². The summed E-state index contributed by atoms with van der Waals surface area (Å²) in [6.07, 6.45) is 0. The number of esters is 1. The molecule has 0 saturated heterocycles. The number of thiophene rings is 1. The van der Waals surface area contributed by atoms with Gasteiger partial charge in [0.05, 0.1) is 7.11 Å². The molecule has 0 atom stereocenters. The molecule has 0 aliphatic carbocycles. The van der Waals surface area contributed by atoms with E-state index in [1.807, 2.05) is 13.8 Å². The van der Waals surface area contributed by atoms with E-state index in [4.69, 9.17) is 0 Å². The Bertz CT molecular complexity index is 315. The molecular formula is C9H12O3S. The van der Waals surface area contributed by atoms with Gasteiger partial charge in [-0.25, -0.2) is 4.79 Å². The molecule has 1 heterocycles. The normalized spacial score (nSPS) is 10.5. The van der Waals surface area contributed by atoms with Crippen molar-refractivity contribution in [1.82, 2.24) is 0 Å². The van der Waals surface area contributed by atoms with Crippen LogP contribution in [0.3, 0.4) is 0 Å². The highest BCUT2D eigenvalue weighted by Crippen LogP contribution is 2.33. The van der Waals surface area contributed by atoms with Gasteiger partial charge in [-0.15, -0.1) is 11.3 Å². The summed E-state index contributed by atoms with van der Waals surface area (Å²) in [5.74, 6) is -0.149. The highest BCUT2D eigenvalue weighted by Gasteiger charge is 2.17. The average Bonchev–Trinajstić information content (AvgIpc) is 2.46. The Morgan fingerprint density at radius 1 is 1.62 bits per heavy atom. The molecule has 1 rings (SSSR count). The summed E-state index contributed by atoms with van der Waals surface area (Å²) in [6, 6.07) is 1.61. The van der Waals surface area contributed by atoms with E-state index in [9.17, 15) is 9.90 Å². The molecule has 13 heavy (non-hydrogen) atoms. The second-order valence-electron chi connectivity index (χ2n) is 3.01. The number of carbonyl (C=O) groups is 1. The summed E-state index contributed by atoms with van der Waals surface area (Å²) >= 11 is 1.28. The number of rotatable bonds is 2. The minimum Gasteiger partial charge on any atom is -0.506 e. The second kappa shape index (κ2) is 3.79. The third kappa shape index (κ3) is 2.01. The molecule has 3 nitrogen and oxygen atoms in total.